The number of fused-ring (bicyclic) bond motifs is 9. The van der Waals surface area contributed by atoms with Gasteiger partial charge in [-0.05, 0) is 65.7 Å². The van der Waals surface area contributed by atoms with Crippen LogP contribution in [0.5, 0.6) is 0 Å². The molecule has 4 heterocycles. The van der Waals surface area contributed by atoms with E-state index in [2.05, 4.69) is 173 Å². The van der Waals surface area contributed by atoms with Crippen molar-refractivity contribution in [2.45, 2.75) is 0 Å². The van der Waals surface area contributed by atoms with E-state index in [-0.39, 0.29) is 0 Å². The van der Waals surface area contributed by atoms with Crippen molar-refractivity contribution in [2.24, 2.45) is 0 Å². The Labute approximate surface area is 297 Å². The molecule has 0 spiro atoms. The second kappa shape index (κ2) is 11.0. The van der Waals surface area contributed by atoms with Crippen LogP contribution >= 0.6 is 11.3 Å². The lowest BCUT2D eigenvalue weighted by Crippen LogP contribution is -1.96. The Morgan fingerprint density at radius 3 is 1.82 bits per heavy atom. The lowest BCUT2D eigenvalue weighted by molar-refractivity contribution is 1.17. The normalized spacial score (nSPS) is 11.9. The molecule has 0 unspecified atom stereocenters. The van der Waals surface area contributed by atoms with Gasteiger partial charge in [-0.3, -0.25) is 0 Å². The van der Waals surface area contributed by atoms with Gasteiger partial charge in [0.1, 0.15) is 0 Å². The highest BCUT2D eigenvalue weighted by Gasteiger charge is 2.18. The van der Waals surface area contributed by atoms with Crippen LogP contribution in [0.2, 0.25) is 0 Å². The Hall–Kier alpha value is -6.56. The number of thiophene rings is 1. The van der Waals surface area contributed by atoms with Gasteiger partial charge in [-0.15, -0.1) is 11.3 Å². The minimum Gasteiger partial charge on any atom is -0.309 e. The van der Waals surface area contributed by atoms with Gasteiger partial charge in [0.25, 0.3) is 0 Å². The fourth-order valence-corrected chi connectivity index (χ4v) is 8.96. The molecular weight excluding hydrogens is 641 g/mol. The Balaban J connectivity index is 1.07. The summed E-state index contributed by atoms with van der Waals surface area (Å²) >= 11 is 1.74. The molecular formula is C46H28N4S. The first kappa shape index (κ1) is 28.3. The Morgan fingerprint density at radius 1 is 0.431 bits per heavy atom. The third kappa shape index (κ3) is 4.25. The highest BCUT2D eigenvalue weighted by atomic mass is 32.1. The number of hydrogen-bond acceptors (Lipinski definition) is 3. The molecule has 51 heavy (non-hydrogen) atoms. The van der Waals surface area contributed by atoms with Crippen molar-refractivity contribution in [3.63, 3.8) is 0 Å². The third-order valence-electron chi connectivity index (χ3n) is 10.2. The molecule has 4 aromatic heterocycles. The Bertz CT molecular complexity index is 3090. The average molecular weight is 669 g/mol. The largest absolute Gasteiger partial charge is 0.309 e. The molecule has 11 rings (SSSR count). The summed E-state index contributed by atoms with van der Waals surface area (Å²) < 4.78 is 7.03. The molecule has 238 valence electrons. The van der Waals surface area contributed by atoms with Crippen molar-refractivity contribution in [3.05, 3.63) is 170 Å². The van der Waals surface area contributed by atoms with Crippen molar-refractivity contribution in [1.82, 2.24) is 19.1 Å². The van der Waals surface area contributed by atoms with Crippen LogP contribution in [-0.4, -0.2) is 19.1 Å². The summed E-state index contributed by atoms with van der Waals surface area (Å²) in [6, 6.07) is 58.7. The number of benzene rings is 7. The molecule has 0 N–H and O–H groups in total. The summed E-state index contributed by atoms with van der Waals surface area (Å²) in [5.41, 5.74) is 11.4. The van der Waals surface area contributed by atoms with Gasteiger partial charge in [-0.1, -0.05) is 109 Å². The van der Waals surface area contributed by atoms with Crippen molar-refractivity contribution < 1.29 is 0 Å². The Kier molecular flexibility index (Phi) is 6.09. The molecule has 5 heteroatoms. The molecule has 4 nitrogen and oxygen atoms in total. The summed E-state index contributed by atoms with van der Waals surface area (Å²) in [5, 5.41) is 6.15. The van der Waals surface area contributed by atoms with Crippen LogP contribution in [0.4, 0.5) is 0 Å². The van der Waals surface area contributed by atoms with Crippen LogP contribution in [0, 0.1) is 0 Å². The van der Waals surface area contributed by atoms with Gasteiger partial charge < -0.3 is 9.13 Å². The topological polar surface area (TPSA) is 35.6 Å². The summed E-state index contributed by atoms with van der Waals surface area (Å²) in [4.78, 5) is 10.2. The number of nitrogens with zero attached hydrogens (tertiary/aromatic N) is 4. The van der Waals surface area contributed by atoms with Crippen LogP contribution in [-0.2, 0) is 0 Å². The maximum absolute atomic E-state index is 5.26. The molecule has 7 aromatic carbocycles. The zero-order valence-electron chi connectivity index (χ0n) is 27.4. The van der Waals surface area contributed by atoms with Gasteiger partial charge in [-0.25, -0.2) is 9.97 Å². The predicted molar refractivity (Wildman–Crippen MR) is 214 cm³/mol. The molecule has 0 amide bonds. The third-order valence-corrected chi connectivity index (χ3v) is 11.3. The fraction of sp³-hybridized carbons (Fsp3) is 0. The second-order valence-electron chi connectivity index (χ2n) is 13.0. The number of rotatable bonds is 4. The molecule has 0 saturated carbocycles. The molecule has 11 aromatic rings. The number of hydrogen-bond donors (Lipinski definition) is 0. The summed E-state index contributed by atoms with van der Waals surface area (Å²) in [5.74, 6) is 0.719. The zero-order valence-corrected chi connectivity index (χ0v) is 28.2. The van der Waals surface area contributed by atoms with Gasteiger partial charge in [0.05, 0.1) is 32.3 Å². The highest BCUT2D eigenvalue weighted by molar-refractivity contribution is 7.25. The van der Waals surface area contributed by atoms with Crippen molar-refractivity contribution in [1.29, 1.82) is 0 Å². The van der Waals surface area contributed by atoms with Gasteiger partial charge in [-0.2, -0.15) is 0 Å². The van der Waals surface area contributed by atoms with Gasteiger partial charge in [0, 0.05) is 54.8 Å². The summed E-state index contributed by atoms with van der Waals surface area (Å²) in [7, 11) is 0. The quantitative estimate of drug-likeness (QED) is 0.187. The van der Waals surface area contributed by atoms with Crippen LogP contribution in [0.3, 0.4) is 0 Å². The van der Waals surface area contributed by atoms with E-state index in [1.807, 2.05) is 6.20 Å². The molecule has 0 fully saturated rings. The second-order valence-corrected chi connectivity index (χ2v) is 14.1. The van der Waals surface area contributed by atoms with Crippen LogP contribution < -0.4 is 0 Å². The van der Waals surface area contributed by atoms with E-state index in [9.17, 15) is 0 Å². The maximum Gasteiger partial charge on any atom is 0.159 e. The standard InChI is InChI=1S/C46H28N4S/c1-2-12-29(13-3-1)33-19-11-23-41-44(33)36-18-6-9-22-40(36)50(41)31-15-10-14-30(26-31)46-47-28-43-45(48-46)37-27-32(24-25-42(37)51-43)49-38-20-7-4-16-34(38)35-17-5-8-21-39(35)49/h1-28H. The highest BCUT2D eigenvalue weighted by Crippen LogP contribution is 2.40. The van der Waals surface area contributed by atoms with E-state index in [0.717, 1.165) is 38.4 Å². The van der Waals surface area contributed by atoms with E-state index in [4.69, 9.17) is 9.97 Å². The maximum atomic E-state index is 5.26. The molecule has 0 aliphatic carbocycles. The Morgan fingerprint density at radius 2 is 1.04 bits per heavy atom. The van der Waals surface area contributed by atoms with Gasteiger partial charge in [0.2, 0.25) is 0 Å². The minimum absolute atomic E-state index is 0.719. The molecule has 0 saturated heterocycles. The zero-order chi connectivity index (χ0) is 33.5. The SMILES string of the molecule is c1ccc(-c2cccc3c2c2ccccc2n3-c2cccc(-c3ncc4sc5ccc(-n6c7ccccc7c7ccccc76)cc5c4n3)c2)cc1. The fourth-order valence-electron chi connectivity index (χ4n) is 7.97. The average Bonchev–Trinajstić information content (AvgIpc) is 3.85. The van der Waals surface area contributed by atoms with Crippen LogP contribution in [0.25, 0.3) is 97.8 Å². The first-order valence-corrected chi connectivity index (χ1v) is 18.0. The van der Waals surface area contributed by atoms with E-state index >= 15 is 0 Å². The first-order chi connectivity index (χ1) is 25.3. The van der Waals surface area contributed by atoms with E-state index < -0.39 is 0 Å². The van der Waals surface area contributed by atoms with Gasteiger partial charge >= 0.3 is 0 Å². The van der Waals surface area contributed by atoms with Crippen molar-refractivity contribution in [3.8, 4) is 33.9 Å². The van der Waals surface area contributed by atoms with Crippen molar-refractivity contribution >= 4 is 75.3 Å². The van der Waals surface area contributed by atoms with E-state index in [1.165, 1.54) is 59.4 Å². The van der Waals surface area contributed by atoms with Crippen LogP contribution in [0.1, 0.15) is 0 Å². The molecule has 0 aliphatic rings. The lowest BCUT2D eigenvalue weighted by Gasteiger charge is -2.10. The van der Waals surface area contributed by atoms with E-state index in [1.54, 1.807) is 11.3 Å². The monoisotopic (exact) mass is 668 g/mol. The lowest BCUT2D eigenvalue weighted by atomic mass is 9.99. The predicted octanol–water partition coefficient (Wildman–Crippen LogP) is 12.4. The smallest absolute Gasteiger partial charge is 0.159 e. The molecule has 0 radical (unpaired) electrons. The minimum atomic E-state index is 0.719. The summed E-state index contributed by atoms with van der Waals surface area (Å²) in [6.45, 7) is 0. The molecule has 0 atom stereocenters. The van der Waals surface area contributed by atoms with Gasteiger partial charge in [0.15, 0.2) is 5.82 Å². The van der Waals surface area contributed by atoms with E-state index in [0.29, 0.717) is 0 Å². The number of para-hydroxylation sites is 3. The molecule has 0 aliphatic heterocycles. The van der Waals surface area contributed by atoms with Crippen molar-refractivity contribution in [2.75, 3.05) is 0 Å². The van der Waals surface area contributed by atoms with Crippen LogP contribution in [0.15, 0.2) is 170 Å². The first-order valence-electron chi connectivity index (χ1n) is 17.2. The molecule has 0 bridgehead atoms. The summed E-state index contributed by atoms with van der Waals surface area (Å²) in [6.07, 6.45) is 1.99. The number of aromatic nitrogens is 4.